The monoisotopic (exact) mass is 391 g/mol. The number of rotatable bonds is 4. The van der Waals surface area contributed by atoms with E-state index in [1.807, 2.05) is 12.1 Å². The van der Waals surface area contributed by atoms with Gasteiger partial charge < -0.3 is 15.1 Å². The number of para-hydroxylation sites is 1. The highest BCUT2D eigenvalue weighted by Gasteiger charge is 2.27. The van der Waals surface area contributed by atoms with Crippen LogP contribution in [0.5, 0.6) is 5.75 Å². The van der Waals surface area contributed by atoms with Gasteiger partial charge in [0.2, 0.25) is 0 Å². The number of phenols is 1. The van der Waals surface area contributed by atoms with Gasteiger partial charge in [-0.05, 0) is 48.7 Å². The van der Waals surface area contributed by atoms with Crippen LogP contribution in [-0.4, -0.2) is 50.3 Å². The number of aromatic nitrogens is 2. The number of aromatic hydroxyl groups is 1. The summed E-state index contributed by atoms with van der Waals surface area (Å²) >= 11 is 0. The number of carboxylic acid groups (broad SMARTS) is 1. The molecule has 1 aliphatic heterocycles. The molecule has 0 aliphatic carbocycles. The van der Waals surface area contributed by atoms with Crippen LogP contribution in [0.1, 0.15) is 45.2 Å². The standard InChI is InChI=1S/C22H21N3O4/c26-20-6-2-1-5-17(20)18-12-19(24-23-18)21(27)25-11-3-4-16(13-25)14-7-9-15(10-8-14)22(28)29/h1-2,5-10,12,16,26H,3-4,11,13H2,(H,23,24)(H,28,29)/t16-/m0/s1. The molecule has 0 unspecified atom stereocenters. The zero-order valence-electron chi connectivity index (χ0n) is 15.7. The Morgan fingerprint density at radius 2 is 1.86 bits per heavy atom. The van der Waals surface area contributed by atoms with E-state index in [0.29, 0.717) is 30.0 Å². The van der Waals surface area contributed by atoms with E-state index in [2.05, 4.69) is 10.2 Å². The molecule has 1 aliphatic rings. The molecular weight excluding hydrogens is 370 g/mol. The molecule has 7 nitrogen and oxygen atoms in total. The zero-order chi connectivity index (χ0) is 20.4. The Kier molecular flexibility index (Phi) is 5.03. The Hall–Kier alpha value is -3.61. The van der Waals surface area contributed by atoms with Crippen molar-refractivity contribution in [3.05, 3.63) is 71.4 Å². The fourth-order valence-electron chi connectivity index (χ4n) is 3.76. The summed E-state index contributed by atoms with van der Waals surface area (Å²) < 4.78 is 0. The lowest BCUT2D eigenvalue weighted by atomic mass is 9.90. The molecule has 0 radical (unpaired) electrons. The Labute approximate surface area is 167 Å². The van der Waals surface area contributed by atoms with Crippen molar-refractivity contribution in [3.8, 4) is 17.0 Å². The highest BCUT2D eigenvalue weighted by molar-refractivity contribution is 5.93. The van der Waals surface area contributed by atoms with E-state index in [9.17, 15) is 14.7 Å². The predicted octanol–water partition coefficient (Wildman–Crippen LogP) is 3.50. The van der Waals surface area contributed by atoms with E-state index in [4.69, 9.17) is 5.11 Å². The van der Waals surface area contributed by atoms with E-state index >= 15 is 0 Å². The molecule has 2 heterocycles. The number of hydrogen-bond acceptors (Lipinski definition) is 4. The second-order valence-corrected chi connectivity index (χ2v) is 7.20. The zero-order valence-corrected chi connectivity index (χ0v) is 15.7. The average Bonchev–Trinajstić information content (AvgIpc) is 3.23. The number of hydrogen-bond donors (Lipinski definition) is 3. The molecule has 1 aromatic heterocycles. The lowest BCUT2D eigenvalue weighted by molar-refractivity contribution is 0.0692. The van der Waals surface area contributed by atoms with Gasteiger partial charge in [0, 0.05) is 24.6 Å². The number of nitrogens with one attached hydrogen (secondary N) is 1. The number of benzene rings is 2. The molecule has 3 aromatic rings. The van der Waals surface area contributed by atoms with E-state index in [-0.39, 0.29) is 23.1 Å². The molecular formula is C22H21N3O4. The van der Waals surface area contributed by atoms with E-state index < -0.39 is 5.97 Å². The molecule has 4 rings (SSSR count). The van der Waals surface area contributed by atoms with E-state index in [1.165, 1.54) is 0 Å². The van der Waals surface area contributed by atoms with Crippen LogP contribution >= 0.6 is 0 Å². The summed E-state index contributed by atoms with van der Waals surface area (Å²) in [5, 5.41) is 26.0. The first-order valence-electron chi connectivity index (χ1n) is 9.49. The molecule has 0 saturated carbocycles. The van der Waals surface area contributed by atoms with Crippen LogP contribution < -0.4 is 0 Å². The van der Waals surface area contributed by atoms with Gasteiger partial charge in [-0.25, -0.2) is 4.79 Å². The second kappa shape index (κ2) is 7.79. The van der Waals surface area contributed by atoms with Gasteiger partial charge in [-0.3, -0.25) is 9.89 Å². The summed E-state index contributed by atoms with van der Waals surface area (Å²) in [6.45, 7) is 1.23. The van der Waals surface area contributed by atoms with Gasteiger partial charge in [-0.2, -0.15) is 5.10 Å². The number of piperidine rings is 1. The summed E-state index contributed by atoms with van der Waals surface area (Å²) in [5.41, 5.74) is 2.76. The van der Waals surface area contributed by atoms with Gasteiger partial charge in [0.05, 0.1) is 11.3 Å². The Balaban J connectivity index is 1.49. The third kappa shape index (κ3) is 3.85. The fourth-order valence-corrected chi connectivity index (χ4v) is 3.76. The normalized spacial score (nSPS) is 16.6. The van der Waals surface area contributed by atoms with Gasteiger partial charge in [-0.15, -0.1) is 0 Å². The molecule has 7 heteroatoms. The summed E-state index contributed by atoms with van der Waals surface area (Å²) in [5.74, 6) is -0.806. The number of likely N-dealkylation sites (tertiary alicyclic amines) is 1. The Morgan fingerprint density at radius 3 is 2.59 bits per heavy atom. The summed E-state index contributed by atoms with van der Waals surface area (Å²) in [6, 6.07) is 15.4. The largest absolute Gasteiger partial charge is 0.507 e. The van der Waals surface area contributed by atoms with Crippen LogP contribution in [0, 0.1) is 0 Å². The molecule has 1 atom stereocenters. The minimum absolute atomic E-state index is 0.112. The molecule has 1 saturated heterocycles. The number of amides is 1. The minimum atomic E-state index is -0.948. The van der Waals surface area contributed by atoms with Gasteiger partial charge in [0.25, 0.3) is 5.91 Å². The lowest BCUT2D eigenvalue weighted by Gasteiger charge is -2.32. The van der Waals surface area contributed by atoms with Crippen LogP contribution in [-0.2, 0) is 0 Å². The minimum Gasteiger partial charge on any atom is -0.507 e. The van der Waals surface area contributed by atoms with Gasteiger partial charge in [0.1, 0.15) is 11.4 Å². The molecule has 148 valence electrons. The molecule has 2 aromatic carbocycles. The van der Waals surface area contributed by atoms with E-state index in [0.717, 1.165) is 18.4 Å². The van der Waals surface area contributed by atoms with Crippen LogP contribution in [0.15, 0.2) is 54.6 Å². The van der Waals surface area contributed by atoms with Gasteiger partial charge >= 0.3 is 5.97 Å². The third-order valence-corrected chi connectivity index (χ3v) is 5.33. The van der Waals surface area contributed by atoms with Crippen LogP contribution in [0.4, 0.5) is 0 Å². The van der Waals surface area contributed by atoms with Crippen molar-refractivity contribution in [1.82, 2.24) is 15.1 Å². The van der Waals surface area contributed by atoms with Crippen molar-refractivity contribution in [2.24, 2.45) is 0 Å². The number of aromatic amines is 1. The third-order valence-electron chi connectivity index (χ3n) is 5.33. The number of nitrogens with zero attached hydrogens (tertiary/aromatic N) is 2. The SMILES string of the molecule is O=C(O)c1ccc([C@H]2CCCN(C(=O)c3cc(-c4ccccc4O)n[nH]3)C2)cc1. The van der Waals surface area contributed by atoms with Crippen molar-refractivity contribution in [2.45, 2.75) is 18.8 Å². The van der Waals surface area contributed by atoms with Crippen molar-refractivity contribution >= 4 is 11.9 Å². The number of phenolic OH excluding ortho intramolecular Hbond substituents is 1. The van der Waals surface area contributed by atoms with Crippen LogP contribution in [0.3, 0.4) is 0 Å². The highest BCUT2D eigenvalue weighted by Crippen LogP contribution is 2.30. The summed E-state index contributed by atoms with van der Waals surface area (Å²) in [6.07, 6.45) is 1.82. The maximum absolute atomic E-state index is 13.0. The summed E-state index contributed by atoms with van der Waals surface area (Å²) in [4.78, 5) is 25.8. The van der Waals surface area contributed by atoms with Crippen molar-refractivity contribution in [2.75, 3.05) is 13.1 Å². The number of carbonyl (C=O) groups is 2. The maximum Gasteiger partial charge on any atom is 0.335 e. The molecule has 3 N–H and O–H groups in total. The van der Waals surface area contributed by atoms with Crippen molar-refractivity contribution < 1.29 is 19.8 Å². The topological polar surface area (TPSA) is 107 Å². The first-order valence-corrected chi connectivity index (χ1v) is 9.49. The molecule has 0 spiro atoms. The van der Waals surface area contributed by atoms with E-state index in [1.54, 1.807) is 47.4 Å². The number of carbonyl (C=O) groups excluding carboxylic acids is 1. The molecule has 1 amide bonds. The summed E-state index contributed by atoms with van der Waals surface area (Å²) in [7, 11) is 0. The second-order valence-electron chi connectivity index (χ2n) is 7.20. The van der Waals surface area contributed by atoms with Crippen molar-refractivity contribution in [3.63, 3.8) is 0 Å². The highest BCUT2D eigenvalue weighted by atomic mass is 16.4. The molecule has 1 fully saturated rings. The fraction of sp³-hybridized carbons (Fsp3) is 0.227. The number of aromatic carboxylic acids is 1. The Bertz CT molecular complexity index is 1040. The van der Waals surface area contributed by atoms with Gasteiger partial charge in [0.15, 0.2) is 0 Å². The smallest absolute Gasteiger partial charge is 0.335 e. The van der Waals surface area contributed by atoms with Gasteiger partial charge in [-0.1, -0.05) is 24.3 Å². The molecule has 0 bridgehead atoms. The van der Waals surface area contributed by atoms with Crippen LogP contribution in [0.2, 0.25) is 0 Å². The van der Waals surface area contributed by atoms with Crippen LogP contribution in [0.25, 0.3) is 11.3 Å². The Morgan fingerprint density at radius 1 is 1.10 bits per heavy atom. The first kappa shape index (κ1) is 18.7. The predicted molar refractivity (Wildman–Crippen MR) is 107 cm³/mol. The quantitative estimate of drug-likeness (QED) is 0.631. The lowest BCUT2D eigenvalue weighted by Crippen LogP contribution is -2.39. The maximum atomic E-state index is 13.0. The first-order chi connectivity index (χ1) is 14.0. The molecule has 29 heavy (non-hydrogen) atoms. The average molecular weight is 391 g/mol. The number of carboxylic acids is 1. The number of H-pyrrole nitrogens is 1. The van der Waals surface area contributed by atoms with Crippen molar-refractivity contribution in [1.29, 1.82) is 0 Å².